The fraction of sp³-hybridized carbons (Fsp3) is 1.00. The fourth-order valence-electron chi connectivity index (χ4n) is 3.69. The van der Waals surface area contributed by atoms with E-state index in [4.69, 9.17) is 0 Å². The van der Waals surface area contributed by atoms with Crippen LogP contribution in [-0.2, 0) is 0 Å². The molecule has 0 aromatic heterocycles. The van der Waals surface area contributed by atoms with Crippen molar-refractivity contribution in [1.82, 2.24) is 5.32 Å². The first-order valence-electron chi connectivity index (χ1n) is 9.47. The zero-order chi connectivity index (χ0) is 14.6. The molecule has 1 nitrogen and oxygen atoms in total. The molecule has 2 unspecified atom stereocenters. The highest BCUT2D eigenvalue weighted by atomic mass is 14.9. The minimum atomic E-state index is 0.652. The van der Waals surface area contributed by atoms with Crippen LogP contribution in [0.4, 0.5) is 0 Å². The van der Waals surface area contributed by atoms with Gasteiger partial charge in [0, 0.05) is 6.04 Å². The molecule has 0 aliphatic heterocycles. The summed E-state index contributed by atoms with van der Waals surface area (Å²) < 4.78 is 0. The van der Waals surface area contributed by atoms with Gasteiger partial charge in [-0.15, -0.1) is 0 Å². The van der Waals surface area contributed by atoms with E-state index in [0.29, 0.717) is 6.04 Å². The Bertz CT molecular complexity index is 212. The predicted octanol–water partition coefficient (Wildman–Crippen LogP) is 5.93. The molecule has 0 amide bonds. The quantitative estimate of drug-likeness (QED) is 0.437. The summed E-state index contributed by atoms with van der Waals surface area (Å²) in [4.78, 5) is 0. The molecule has 0 saturated heterocycles. The molecule has 1 aliphatic rings. The third kappa shape index (κ3) is 8.29. The Morgan fingerprint density at radius 2 is 1.45 bits per heavy atom. The molecule has 2 atom stereocenters. The van der Waals surface area contributed by atoms with E-state index in [1.807, 2.05) is 0 Å². The standard InChI is InChI=1S/C19H39N/c1-4-5-6-7-8-9-10-11-13-18-14-12-15-19(18)16-20-17(2)3/h17-20H,4-16H2,1-3H3. The molecule has 0 heterocycles. The van der Waals surface area contributed by atoms with Gasteiger partial charge in [0.05, 0.1) is 0 Å². The van der Waals surface area contributed by atoms with Gasteiger partial charge in [-0.05, 0) is 24.8 Å². The molecule has 1 heteroatoms. The predicted molar refractivity (Wildman–Crippen MR) is 91.2 cm³/mol. The Hall–Kier alpha value is -0.0400. The normalized spacial score (nSPS) is 22.8. The third-order valence-electron chi connectivity index (χ3n) is 5.03. The van der Waals surface area contributed by atoms with E-state index in [1.165, 1.54) is 83.6 Å². The van der Waals surface area contributed by atoms with Crippen LogP contribution in [0.3, 0.4) is 0 Å². The number of hydrogen-bond acceptors (Lipinski definition) is 1. The second-order valence-electron chi connectivity index (χ2n) is 7.28. The van der Waals surface area contributed by atoms with Gasteiger partial charge in [-0.2, -0.15) is 0 Å². The molecule has 1 saturated carbocycles. The smallest absolute Gasteiger partial charge is 0.00104 e. The summed E-state index contributed by atoms with van der Waals surface area (Å²) in [5.41, 5.74) is 0. The van der Waals surface area contributed by atoms with Crippen molar-refractivity contribution < 1.29 is 0 Å². The van der Waals surface area contributed by atoms with Crippen LogP contribution >= 0.6 is 0 Å². The first kappa shape index (κ1) is 18.0. The van der Waals surface area contributed by atoms with Gasteiger partial charge >= 0.3 is 0 Å². The second-order valence-corrected chi connectivity index (χ2v) is 7.28. The second kappa shape index (κ2) is 11.6. The lowest BCUT2D eigenvalue weighted by Gasteiger charge is -2.21. The van der Waals surface area contributed by atoms with Crippen LogP contribution < -0.4 is 5.32 Å². The highest BCUT2D eigenvalue weighted by Gasteiger charge is 2.26. The Labute approximate surface area is 128 Å². The summed E-state index contributed by atoms with van der Waals surface area (Å²) in [7, 11) is 0. The van der Waals surface area contributed by atoms with Crippen LogP contribution in [0, 0.1) is 11.8 Å². The van der Waals surface area contributed by atoms with Gasteiger partial charge < -0.3 is 5.32 Å². The lowest BCUT2D eigenvalue weighted by Crippen LogP contribution is -2.30. The van der Waals surface area contributed by atoms with Crippen LogP contribution in [0.15, 0.2) is 0 Å². The van der Waals surface area contributed by atoms with Gasteiger partial charge in [-0.25, -0.2) is 0 Å². The molecule has 1 rings (SSSR count). The maximum Gasteiger partial charge on any atom is 0.00104 e. The zero-order valence-corrected chi connectivity index (χ0v) is 14.4. The van der Waals surface area contributed by atoms with E-state index in [2.05, 4.69) is 26.1 Å². The highest BCUT2D eigenvalue weighted by molar-refractivity contribution is 4.79. The summed E-state index contributed by atoms with van der Waals surface area (Å²) in [5, 5.41) is 3.65. The maximum absolute atomic E-state index is 3.65. The van der Waals surface area contributed by atoms with Crippen LogP contribution in [0.2, 0.25) is 0 Å². The first-order chi connectivity index (χ1) is 9.74. The van der Waals surface area contributed by atoms with Crippen LogP contribution in [0.1, 0.15) is 97.8 Å². The highest BCUT2D eigenvalue weighted by Crippen LogP contribution is 2.35. The Kier molecular flexibility index (Phi) is 10.4. The van der Waals surface area contributed by atoms with Crippen molar-refractivity contribution in [3.05, 3.63) is 0 Å². The topological polar surface area (TPSA) is 12.0 Å². The molecule has 1 fully saturated rings. The minimum absolute atomic E-state index is 0.652. The van der Waals surface area contributed by atoms with E-state index < -0.39 is 0 Å². The van der Waals surface area contributed by atoms with Crippen LogP contribution in [0.25, 0.3) is 0 Å². The van der Waals surface area contributed by atoms with Crippen molar-refractivity contribution >= 4 is 0 Å². The lowest BCUT2D eigenvalue weighted by atomic mass is 9.90. The molecular formula is C19H39N. The minimum Gasteiger partial charge on any atom is -0.314 e. The van der Waals surface area contributed by atoms with Crippen molar-refractivity contribution in [2.45, 2.75) is 104 Å². The number of unbranched alkanes of at least 4 members (excludes halogenated alkanes) is 7. The van der Waals surface area contributed by atoms with E-state index in [-0.39, 0.29) is 0 Å². The van der Waals surface area contributed by atoms with Gasteiger partial charge in [0.25, 0.3) is 0 Å². The van der Waals surface area contributed by atoms with E-state index in [1.54, 1.807) is 0 Å². The fourth-order valence-corrected chi connectivity index (χ4v) is 3.69. The van der Waals surface area contributed by atoms with Crippen molar-refractivity contribution in [3.8, 4) is 0 Å². The molecule has 0 spiro atoms. The average molecular weight is 282 g/mol. The molecule has 120 valence electrons. The molecule has 20 heavy (non-hydrogen) atoms. The van der Waals surface area contributed by atoms with Crippen molar-refractivity contribution in [2.75, 3.05) is 6.54 Å². The molecule has 0 bridgehead atoms. The third-order valence-corrected chi connectivity index (χ3v) is 5.03. The molecule has 1 aliphatic carbocycles. The summed E-state index contributed by atoms with van der Waals surface area (Å²) in [6, 6.07) is 0.652. The summed E-state index contributed by atoms with van der Waals surface area (Å²) in [5.74, 6) is 2.00. The van der Waals surface area contributed by atoms with Gasteiger partial charge in [0.15, 0.2) is 0 Å². The molecular weight excluding hydrogens is 242 g/mol. The largest absolute Gasteiger partial charge is 0.314 e. The van der Waals surface area contributed by atoms with Gasteiger partial charge in [0.1, 0.15) is 0 Å². The summed E-state index contributed by atoms with van der Waals surface area (Å²) >= 11 is 0. The Morgan fingerprint density at radius 3 is 2.10 bits per heavy atom. The SMILES string of the molecule is CCCCCCCCCCC1CCCC1CNC(C)C. The Balaban J connectivity index is 1.97. The number of nitrogens with one attached hydrogen (secondary N) is 1. The molecule has 1 N–H and O–H groups in total. The zero-order valence-electron chi connectivity index (χ0n) is 14.4. The van der Waals surface area contributed by atoms with Crippen molar-refractivity contribution in [2.24, 2.45) is 11.8 Å². The Morgan fingerprint density at radius 1 is 0.850 bits per heavy atom. The number of rotatable bonds is 12. The van der Waals surface area contributed by atoms with Gasteiger partial charge in [0.2, 0.25) is 0 Å². The summed E-state index contributed by atoms with van der Waals surface area (Å²) in [6.45, 7) is 8.09. The van der Waals surface area contributed by atoms with Gasteiger partial charge in [-0.3, -0.25) is 0 Å². The van der Waals surface area contributed by atoms with Gasteiger partial charge in [-0.1, -0.05) is 91.4 Å². The van der Waals surface area contributed by atoms with Crippen LogP contribution in [0.5, 0.6) is 0 Å². The van der Waals surface area contributed by atoms with E-state index >= 15 is 0 Å². The van der Waals surface area contributed by atoms with Crippen molar-refractivity contribution in [3.63, 3.8) is 0 Å². The van der Waals surface area contributed by atoms with Crippen LogP contribution in [-0.4, -0.2) is 12.6 Å². The molecule has 0 aromatic carbocycles. The average Bonchev–Trinajstić information content (AvgIpc) is 2.87. The lowest BCUT2D eigenvalue weighted by molar-refractivity contribution is 0.328. The number of hydrogen-bond donors (Lipinski definition) is 1. The van der Waals surface area contributed by atoms with E-state index in [0.717, 1.165) is 11.8 Å². The van der Waals surface area contributed by atoms with Crippen molar-refractivity contribution in [1.29, 1.82) is 0 Å². The monoisotopic (exact) mass is 281 g/mol. The van der Waals surface area contributed by atoms with E-state index in [9.17, 15) is 0 Å². The first-order valence-corrected chi connectivity index (χ1v) is 9.47. The summed E-state index contributed by atoms with van der Waals surface area (Å²) in [6.07, 6.45) is 17.6. The maximum atomic E-state index is 3.65. The molecule has 0 radical (unpaired) electrons. The molecule has 0 aromatic rings.